The topological polar surface area (TPSA) is 95.9 Å². The van der Waals surface area contributed by atoms with Crippen LogP contribution in [0.25, 0.3) is 0 Å². The number of carboxylic acids is 1. The molecule has 0 unspecified atom stereocenters. The van der Waals surface area contributed by atoms with E-state index in [1.165, 1.54) is 20.2 Å². The van der Waals surface area contributed by atoms with Crippen molar-refractivity contribution in [1.29, 1.82) is 0 Å². The van der Waals surface area contributed by atoms with Crippen LogP contribution in [0, 0.1) is 0 Å². The fourth-order valence-electron chi connectivity index (χ4n) is 1.46. The van der Waals surface area contributed by atoms with Crippen molar-refractivity contribution in [3.05, 3.63) is 22.7 Å². The number of methoxy groups -OCH3 is 1. The normalized spacial score (nSPS) is 11.8. The summed E-state index contributed by atoms with van der Waals surface area (Å²) in [6.07, 6.45) is 0. The van der Waals surface area contributed by atoms with Crippen LogP contribution in [-0.2, 0) is 10.2 Å². The van der Waals surface area contributed by atoms with Gasteiger partial charge >= 0.3 is 16.2 Å². The summed E-state index contributed by atoms with van der Waals surface area (Å²) in [5.41, 5.74) is -0.103. The van der Waals surface area contributed by atoms with E-state index in [0.29, 0.717) is 0 Å². The van der Waals surface area contributed by atoms with E-state index in [1.807, 2.05) is 0 Å². The van der Waals surface area contributed by atoms with E-state index in [1.54, 1.807) is 13.8 Å². The van der Waals surface area contributed by atoms with Gasteiger partial charge in [-0.05, 0) is 19.9 Å². The molecule has 2 N–H and O–H groups in total. The van der Waals surface area contributed by atoms with Crippen LogP contribution in [-0.4, -0.2) is 44.0 Å². The molecule has 0 atom stereocenters. The van der Waals surface area contributed by atoms with Gasteiger partial charge < -0.3 is 9.84 Å². The van der Waals surface area contributed by atoms with Gasteiger partial charge in [0.1, 0.15) is 11.3 Å². The second kappa shape index (κ2) is 6.50. The Labute approximate surface area is 128 Å². The summed E-state index contributed by atoms with van der Waals surface area (Å²) < 4.78 is 32.6. The number of nitrogens with zero attached hydrogens (tertiary/aromatic N) is 1. The molecule has 0 saturated carbocycles. The highest BCUT2D eigenvalue weighted by Gasteiger charge is 2.23. The van der Waals surface area contributed by atoms with Crippen molar-refractivity contribution in [1.82, 2.24) is 4.31 Å². The number of anilines is 1. The van der Waals surface area contributed by atoms with Gasteiger partial charge in [0.15, 0.2) is 0 Å². The third-order valence-corrected chi connectivity index (χ3v) is 4.84. The number of aromatic carboxylic acids is 1. The highest BCUT2D eigenvalue weighted by atomic mass is 35.5. The molecule has 0 heterocycles. The lowest BCUT2D eigenvalue weighted by molar-refractivity contribution is 0.0693. The van der Waals surface area contributed by atoms with Crippen molar-refractivity contribution < 1.29 is 23.1 Å². The number of halogens is 1. The van der Waals surface area contributed by atoms with Gasteiger partial charge in [0, 0.05) is 19.2 Å². The number of hydrogen-bond acceptors (Lipinski definition) is 4. The Bertz CT molecular complexity index is 645. The summed E-state index contributed by atoms with van der Waals surface area (Å²) in [5.74, 6) is -1.21. The fraction of sp³-hybridized carbons (Fsp3) is 0.417. The number of nitrogens with one attached hydrogen (secondary N) is 1. The maximum absolute atomic E-state index is 12.1. The highest BCUT2D eigenvalue weighted by Crippen LogP contribution is 2.32. The molecule has 0 aliphatic rings. The molecule has 0 bridgehead atoms. The van der Waals surface area contributed by atoms with E-state index in [9.17, 15) is 13.2 Å². The van der Waals surface area contributed by atoms with Crippen LogP contribution in [0.3, 0.4) is 0 Å². The van der Waals surface area contributed by atoms with Gasteiger partial charge in [-0.15, -0.1) is 0 Å². The number of carbonyl (C=O) groups is 1. The monoisotopic (exact) mass is 336 g/mol. The van der Waals surface area contributed by atoms with Crippen LogP contribution >= 0.6 is 11.6 Å². The van der Waals surface area contributed by atoms with Crippen molar-refractivity contribution >= 4 is 33.5 Å². The molecule has 0 aliphatic carbocycles. The second-order valence-corrected chi connectivity index (χ2v) is 6.69. The average molecular weight is 337 g/mol. The molecule has 0 radical (unpaired) electrons. The zero-order chi connectivity index (χ0) is 16.4. The Balaban J connectivity index is 3.24. The first-order valence-corrected chi connectivity index (χ1v) is 7.78. The molecule has 1 rings (SSSR count). The molecule has 0 fully saturated rings. The molecule has 7 nitrogen and oxygen atoms in total. The van der Waals surface area contributed by atoms with Crippen molar-refractivity contribution in [2.75, 3.05) is 18.9 Å². The minimum absolute atomic E-state index is 0.0109. The molecule has 9 heteroatoms. The summed E-state index contributed by atoms with van der Waals surface area (Å²) in [4.78, 5) is 11.0. The smallest absolute Gasteiger partial charge is 0.339 e. The Morgan fingerprint density at radius 1 is 1.43 bits per heavy atom. The molecular weight excluding hydrogens is 320 g/mol. The molecule has 0 aliphatic heterocycles. The SMILES string of the molecule is COc1cc(NS(=O)(=O)N(C)C(C)C)c(Cl)cc1C(=O)O. The van der Waals surface area contributed by atoms with Gasteiger partial charge in [-0.3, -0.25) is 4.72 Å². The Hall–Kier alpha value is -1.51. The second-order valence-electron chi connectivity index (χ2n) is 4.55. The standard InChI is InChI=1S/C12H17ClN2O5S/c1-7(2)15(3)21(18,19)14-10-6-11(20-4)8(12(16)17)5-9(10)13/h5-7,14H,1-4H3,(H,16,17). The van der Waals surface area contributed by atoms with Crippen molar-refractivity contribution in [2.45, 2.75) is 19.9 Å². The lowest BCUT2D eigenvalue weighted by Gasteiger charge is -2.22. The van der Waals surface area contributed by atoms with Crippen LogP contribution in [0.2, 0.25) is 5.02 Å². The maximum atomic E-state index is 12.1. The molecule has 21 heavy (non-hydrogen) atoms. The molecule has 0 spiro atoms. The number of hydrogen-bond donors (Lipinski definition) is 2. The van der Waals surface area contributed by atoms with E-state index in [2.05, 4.69) is 4.72 Å². The third-order valence-electron chi connectivity index (χ3n) is 2.86. The zero-order valence-electron chi connectivity index (χ0n) is 12.0. The molecule has 0 saturated heterocycles. The first-order chi connectivity index (χ1) is 9.60. The van der Waals surface area contributed by atoms with Gasteiger partial charge in [-0.2, -0.15) is 12.7 Å². The van der Waals surface area contributed by atoms with E-state index in [4.69, 9.17) is 21.4 Å². The quantitative estimate of drug-likeness (QED) is 0.828. The first-order valence-electron chi connectivity index (χ1n) is 5.96. The van der Waals surface area contributed by atoms with E-state index >= 15 is 0 Å². The largest absolute Gasteiger partial charge is 0.496 e. The van der Waals surface area contributed by atoms with Crippen molar-refractivity contribution in [3.8, 4) is 5.75 Å². The molecule has 0 aromatic heterocycles. The summed E-state index contributed by atoms with van der Waals surface area (Å²) in [7, 11) is -1.09. The summed E-state index contributed by atoms with van der Waals surface area (Å²) in [5, 5.41) is 8.99. The van der Waals surface area contributed by atoms with E-state index in [0.717, 1.165) is 10.4 Å². The third kappa shape index (κ3) is 3.99. The predicted octanol–water partition coefficient (Wildman–Crippen LogP) is 2.04. The lowest BCUT2D eigenvalue weighted by Crippen LogP contribution is -2.37. The lowest BCUT2D eigenvalue weighted by atomic mass is 10.2. The number of benzene rings is 1. The zero-order valence-corrected chi connectivity index (χ0v) is 13.6. The first kappa shape index (κ1) is 17.5. The maximum Gasteiger partial charge on any atom is 0.339 e. The van der Waals surface area contributed by atoms with Gasteiger partial charge in [0.25, 0.3) is 0 Å². The molecule has 118 valence electrons. The van der Waals surface area contributed by atoms with Gasteiger partial charge in [0.05, 0.1) is 17.8 Å². The van der Waals surface area contributed by atoms with E-state index < -0.39 is 16.2 Å². The summed E-state index contributed by atoms with van der Waals surface area (Å²) >= 11 is 5.93. The molecule has 1 aromatic rings. The van der Waals surface area contributed by atoms with Crippen LogP contribution in [0.5, 0.6) is 5.75 Å². The van der Waals surface area contributed by atoms with Gasteiger partial charge in [0.2, 0.25) is 0 Å². The molecule has 1 aromatic carbocycles. The Kier molecular flexibility index (Phi) is 5.43. The molecular formula is C12H17ClN2O5S. The van der Waals surface area contributed by atoms with Gasteiger partial charge in [-0.1, -0.05) is 11.6 Å². The Morgan fingerprint density at radius 3 is 2.43 bits per heavy atom. The van der Waals surface area contributed by atoms with Crippen LogP contribution in [0.4, 0.5) is 5.69 Å². The van der Waals surface area contributed by atoms with Crippen LogP contribution in [0.1, 0.15) is 24.2 Å². The number of ether oxygens (including phenoxy) is 1. The fourth-order valence-corrected chi connectivity index (χ4v) is 2.87. The highest BCUT2D eigenvalue weighted by molar-refractivity contribution is 7.90. The minimum Gasteiger partial charge on any atom is -0.496 e. The average Bonchev–Trinajstić information content (AvgIpc) is 2.39. The van der Waals surface area contributed by atoms with Crippen molar-refractivity contribution in [3.63, 3.8) is 0 Å². The molecule has 0 amide bonds. The van der Waals surface area contributed by atoms with Crippen molar-refractivity contribution in [2.24, 2.45) is 0 Å². The van der Waals surface area contributed by atoms with Crippen LogP contribution < -0.4 is 9.46 Å². The predicted molar refractivity (Wildman–Crippen MR) is 80.4 cm³/mol. The van der Waals surface area contributed by atoms with E-state index in [-0.39, 0.29) is 28.1 Å². The minimum atomic E-state index is -3.80. The Morgan fingerprint density at radius 2 is 2.00 bits per heavy atom. The van der Waals surface area contributed by atoms with Gasteiger partial charge in [-0.25, -0.2) is 4.79 Å². The number of carboxylic acid groups (broad SMARTS) is 1. The van der Waals surface area contributed by atoms with Crippen LogP contribution in [0.15, 0.2) is 12.1 Å². The number of rotatable bonds is 6. The summed E-state index contributed by atoms with van der Waals surface area (Å²) in [6, 6.07) is 2.12. The summed E-state index contributed by atoms with van der Waals surface area (Å²) in [6.45, 7) is 3.43.